The van der Waals surface area contributed by atoms with Crippen LogP contribution < -0.4 is 0 Å². The van der Waals surface area contributed by atoms with Crippen molar-refractivity contribution in [3.05, 3.63) is 62.7 Å². The van der Waals surface area contributed by atoms with Gasteiger partial charge >= 0.3 is 0 Å². The van der Waals surface area contributed by atoms with Gasteiger partial charge in [0.05, 0.1) is 16.8 Å². The Labute approximate surface area is 128 Å². The summed E-state index contributed by atoms with van der Waals surface area (Å²) in [6, 6.07) is 10.0. The van der Waals surface area contributed by atoms with E-state index in [9.17, 15) is 0 Å². The van der Waals surface area contributed by atoms with Crippen molar-refractivity contribution >= 4 is 28.3 Å². The van der Waals surface area contributed by atoms with E-state index in [0.29, 0.717) is 0 Å². The molecule has 0 N–H and O–H groups in total. The third-order valence-electron chi connectivity index (χ3n) is 3.12. The molecule has 3 aromatic rings. The molecule has 1 aliphatic heterocycles. The molecule has 4 heterocycles. The summed E-state index contributed by atoms with van der Waals surface area (Å²) in [7, 11) is 0. The Morgan fingerprint density at radius 1 is 1.10 bits per heavy atom. The van der Waals surface area contributed by atoms with Crippen LogP contribution in [0.4, 0.5) is 0 Å². The molecule has 0 amide bonds. The molecule has 0 fully saturated rings. The first-order valence-electron chi connectivity index (χ1n) is 6.30. The van der Waals surface area contributed by atoms with Gasteiger partial charge in [-0.2, -0.15) is 5.10 Å². The Bertz CT molecular complexity index is 1040. The van der Waals surface area contributed by atoms with Crippen LogP contribution in [0, 0.1) is 21.4 Å². The molecule has 0 aromatic carbocycles. The number of hydrogen-bond donors (Lipinski definition) is 0. The van der Waals surface area contributed by atoms with Gasteiger partial charge in [-0.15, -0.1) is 29.1 Å². The molecule has 0 saturated carbocycles. The zero-order chi connectivity index (χ0) is 14.2. The van der Waals surface area contributed by atoms with Crippen molar-refractivity contribution in [1.82, 2.24) is 14.6 Å². The summed E-state index contributed by atoms with van der Waals surface area (Å²) in [5, 5.41) is 6.08. The Kier molecular flexibility index (Phi) is 2.85. The fraction of sp³-hybridized carbons (Fsp3) is 0. The highest BCUT2D eigenvalue weighted by molar-refractivity contribution is 7.14. The van der Waals surface area contributed by atoms with Gasteiger partial charge in [0.1, 0.15) is 0 Å². The van der Waals surface area contributed by atoms with E-state index < -0.39 is 0 Å². The molecule has 100 valence electrons. The zero-order valence-electron chi connectivity index (χ0n) is 10.9. The van der Waals surface area contributed by atoms with Crippen LogP contribution in [0.1, 0.15) is 5.56 Å². The average molecular weight is 307 g/mol. The molecular weight excluding hydrogens is 298 g/mol. The smallest absolute Gasteiger partial charge is 0.155 e. The van der Waals surface area contributed by atoms with Gasteiger partial charge in [-0.1, -0.05) is 5.92 Å². The molecule has 1 aliphatic carbocycles. The summed E-state index contributed by atoms with van der Waals surface area (Å²) in [5.41, 5.74) is 2.62. The highest BCUT2D eigenvalue weighted by Crippen LogP contribution is 2.27. The molecule has 0 unspecified atom stereocenters. The van der Waals surface area contributed by atoms with Crippen molar-refractivity contribution in [2.45, 2.75) is 0 Å². The van der Waals surface area contributed by atoms with Gasteiger partial charge < -0.3 is 0 Å². The second-order valence-electron chi connectivity index (χ2n) is 4.42. The van der Waals surface area contributed by atoms with Gasteiger partial charge in [0.15, 0.2) is 5.65 Å². The number of rotatable bonds is 1. The molecule has 0 saturated heterocycles. The van der Waals surface area contributed by atoms with Gasteiger partial charge in [0.25, 0.3) is 0 Å². The normalized spacial score (nSPS) is 10.8. The van der Waals surface area contributed by atoms with Gasteiger partial charge in [0, 0.05) is 26.9 Å². The minimum atomic E-state index is 0.828. The van der Waals surface area contributed by atoms with Crippen molar-refractivity contribution in [3.8, 4) is 22.9 Å². The lowest BCUT2D eigenvalue weighted by Gasteiger charge is -1.99. The van der Waals surface area contributed by atoms with Gasteiger partial charge in [-0.05, 0) is 29.6 Å². The zero-order valence-corrected chi connectivity index (χ0v) is 12.5. The Morgan fingerprint density at radius 3 is 2.62 bits per heavy atom. The lowest BCUT2D eigenvalue weighted by Crippen LogP contribution is -1.91. The number of hydrogen-bond acceptors (Lipinski definition) is 4. The first-order valence-corrected chi connectivity index (χ1v) is 8.00. The minimum absolute atomic E-state index is 0.828. The number of nitrogens with zero attached hydrogens (tertiary/aromatic N) is 3. The molecule has 5 rings (SSSR count). The summed E-state index contributed by atoms with van der Waals surface area (Å²) in [6.07, 6.45) is 9.05. The maximum atomic E-state index is 5.44. The SMILES string of the molecule is C#Cc1ccsc1-c1ccn2nccc2n1.c1cc2sc1=2. The predicted molar refractivity (Wildman–Crippen MR) is 86.2 cm³/mol. The highest BCUT2D eigenvalue weighted by atomic mass is 32.1. The summed E-state index contributed by atoms with van der Waals surface area (Å²) >= 11 is 3.48. The van der Waals surface area contributed by atoms with Crippen molar-refractivity contribution < 1.29 is 0 Å². The summed E-state index contributed by atoms with van der Waals surface area (Å²) in [6.45, 7) is 0. The largest absolute Gasteiger partial charge is 0.228 e. The van der Waals surface area contributed by atoms with Crippen LogP contribution in [-0.2, 0) is 0 Å². The summed E-state index contributed by atoms with van der Waals surface area (Å²) in [5.74, 6) is 2.66. The monoisotopic (exact) mass is 307 g/mol. The van der Waals surface area contributed by atoms with Crippen molar-refractivity contribution in [2.75, 3.05) is 0 Å². The second-order valence-corrected chi connectivity index (χ2v) is 6.42. The van der Waals surface area contributed by atoms with Crippen LogP contribution in [0.25, 0.3) is 16.2 Å². The van der Waals surface area contributed by atoms with Crippen LogP contribution >= 0.6 is 22.7 Å². The molecule has 21 heavy (non-hydrogen) atoms. The maximum Gasteiger partial charge on any atom is 0.155 e. The number of thiophene rings is 2. The van der Waals surface area contributed by atoms with E-state index in [1.807, 2.05) is 41.1 Å². The standard InChI is InChI=1S/C12H7N3S.C4H2S/c1-2-9-5-8-16-12(9)10-4-7-15-11(14-10)3-6-13-15;1-2-4-3(1)5-4/h1,3-8H;1-2H. The lowest BCUT2D eigenvalue weighted by molar-refractivity contribution is 0.941. The Hall–Kier alpha value is -2.42. The number of terminal acetylenes is 1. The maximum absolute atomic E-state index is 5.44. The molecule has 5 heteroatoms. The number of fused-ring (bicyclic) bond motifs is 1. The van der Waals surface area contributed by atoms with E-state index in [1.54, 1.807) is 22.0 Å². The fourth-order valence-electron chi connectivity index (χ4n) is 1.94. The Morgan fingerprint density at radius 2 is 1.95 bits per heavy atom. The van der Waals surface area contributed by atoms with Crippen LogP contribution in [-0.4, -0.2) is 14.6 Å². The molecule has 0 bridgehead atoms. The van der Waals surface area contributed by atoms with E-state index in [4.69, 9.17) is 6.42 Å². The Balaban J connectivity index is 0.000000191. The highest BCUT2D eigenvalue weighted by Gasteiger charge is 2.07. The quantitative estimate of drug-likeness (QED) is 0.441. The van der Waals surface area contributed by atoms with Gasteiger partial charge in [-0.3, -0.25) is 0 Å². The third kappa shape index (κ3) is 2.25. The molecule has 0 radical (unpaired) electrons. The van der Waals surface area contributed by atoms with E-state index in [1.165, 1.54) is 9.06 Å². The first kappa shape index (κ1) is 12.3. The third-order valence-corrected chi connectivity index (χ3v) is 5.00. The molecule has 0 atom stereocenters. The van der Waals surface area contributed by atoms with E-state index >= 15 is 0 Å². The van der Waals surface area contributed by atoms with E-state index in [0.717, 1.165) is 21.8 Å². The van der Waals surface area contributed by atoms with Gasteiger partial charge in [-0.25, -0.2) is 9.50 Å². The molecule has 2 aliphatic rings. The summed E-state index contributed by atoms with van der Waals surface area (Å²) < 4.78 is 4.74. The predicted octanol–water partition coefficient (Wildman–Crippen LogP) is 3.79. The molecule has 3 aromatic heterocycles. The molecule has 3 nitrogen and oxygen atoms in total. The van der Waals surface area contributed by atoms with Crippen molar-refractivity contribution in [2.24, 2.45) is 0 Å². The minimum Gasteiger partial charge on any atom is -0.228 e. The van der Waals surface area contributed by atoms with Crippen LogP contribution in [0.5, 0.6) is 0 Å². The number of aromatic nitrogens is 3. The fourth-order valence-corrected chi connectivity index (χ4v) is 3.36. The van der Waals surface area contributed by atoms with Crippen LogP contribution in [0.2, 0.25) is 0 Å². The van der Waals surface area contributed by atoms with Crippen LogP contribution in [0.15, 0.2) is 48.1 Å². The van der Waals surface area contributed by atoms with E-state index in [2.05, 4.69) is 28.1 Å². The first-order chi connectivity index (χ1) is 10.3. The summed E-state index contributed by atoms with van der Waals surface area (Å²) in [4.78, 5) is 5.54. The second kappa shape index (κ2) is 4.85. The van der Waals surface area contributed by atoms with Crippen LogP contribution in [0.3, 0.4) is 0 Å². The van der Waals surface area contributed by atoms with Crippen molar-refractivity contribution in [1.29, 1.82) is 0 Å². The van der Waals surface area contributed by atoms with Gasteiger partial charge in [0.2, 0.25) is 0 Å². The average Bonchev–Trinajstić information content (AvgIpc) is 2.97. The molecule has 0 spiro atoms. The lowest BCUT2D eigenvalue weighted by atomic mass is 10.2. The molecular formula is C16H9N3S2. The van der Waals surface area contributed by atoms with Crippen molar-refractivity contribution in [3.63, 3.8) is 0 Å². The topological polar surface area (TPSA) is 30.2 Å². The van der Waals surface area contributed by atoms with E-state index in [-0.39, 0.29) is 0 Å².